The Morgan fingerprint density at radius 2 is 2.00 bits per heavy atom. The van der Waals surface area contributed by atoms with E-state index in [2.05, 4.69) is 57.5 Å². The molecule has 0 amide bonds. The van der Waals surface area contributed by atoms with Gasteiger partial charge in [0.1, 0.15) is 10.6 Å². The van der Waals surface area contributed by atoms with Gasteiger partial charge in [0.25, 0.3) is 0 Å². The number of hydrogen-bond donors (Lipinski definition) is 2. The van der Waals surface area contributed by atoms with Crippen molar-refractivity contribution < 1.29 is 0 Å². The molecule has 0 atom stereocenters. The number of hydrazine groups is 1. The van der Waals surface area contributed by atoms with E-state index in [9.17, 15) is 0 Å². The molecule has 0 bridgehead atoms. The minimum Gasteiger partial charge on any atom is -0.352 e. The number of nitrogens with two attached hydrogens (primary N) is 1. The fraction of sp³-hybridized carbons (Fsp3) is 0.200. The van der Waals surface area contributed by atoms with Gasteiger partial charge in [0.2, 0.25) is 5.95 Å². The lowest BCUT2D eigenvalue weighted by atomic mass is 10.2. The van der Waals surface area contributed by atoms with Gasteiger partial charge < -0.3 is 4.90 Å². The Bertz CT molecular complexity index is 725. The van der Waals surface area contributed by atoms with Gasteiger partial charge >= 0.3 is 0 Å². The van der Waals surface area contributed by atoms with Crippen LogP contribution in [0.1, 0.15) is 12.5 Å². The van der Waals surface area contributed by atoms with Crippen LogP contribution in [0.5, 0.6) is 0 Å². The van der Waals surface area contributed by atoms with Crippen molar-refractivity contribution in [2.24, 2.45) is 5.84 Å². The van der Waals surface area contributed by atoms with E-state index < -0.39 is 0 Å². The highest BCUT2D eigenvalue weighted by atomic mass is 32.1. The average molecular weight is 299 g/mol. The van der Waals surface area contributed by atoms with Crippen molar-refractivity contribution in [1.82, 2.24) is 9.97 Å². The monoisotopic (exact) mass is 299 g/mol. The van der Waals surface area contributed by atoms with Crippen LogP contribution in [-0.4, -0.2) is 16.5 Å². The van der Waals surface area contributed by atoms with Crippen LogP contribution in [0.25, 0.3) is 10.2 Å². The summed E-state index contributed by atoms with van der Waals surface area (Å²) in [6, 6.07) is 12.4. The van der Waals surface area contributed by atoms with E-state index >= 15 is 0 Å². The van der Waals surface area contributed by atoms with E-state index in [0.717, 1.165) is 29.1 Å². The van der Waals surface area contributed by atoms with Crippen LogP contribution in [0.3, 0.4) is 0 Å². The molecule has 1 aromatic carbocycles. The zero-order valence-corrected chi connectivity index (χ0v) is 12.6. The topological polar surface area (TPSA) is 67.1 Å². The molecule has 3 N–H and O–H groups in total. The Morgan fingerprint density at radius 1 is 1.19 bits per heavy atom. The maximum absolute atomic E-state index is 5.48. The quantitative estimate of drug-likeness (QED) is 0.560. The molecular weight excluding hydrogens is 282 g/mol. The summed E-state index contributed by atoms with van der Waals surface area (Å²) in [5, 5.41) is 3.09. The van der Waals surface area contributed by atoms with Crippen molar-refractivity contribution >= 4 is 33.3 Å². The van der Waals surface area contributed by atoms with Gasteiger partial charge in [0.15, 0.2) is 0 Å². The maximum Gasteiger partial charge on any atom is 0.240 e. The van der Waals surface area contributed by atoms with Crippen molar-refractivity contribution in [3.8, 4) is 0 Å². The third kappa shape index (κ3) is 2.81. The summed E-state index contributed by atoms with van der Waals surface area (Å²) >= 11 is 1.59. The van der Waals surface area contributed by atoms with Gasteiger partial charge in [0.05, 0.1) is 5.39 Å². The summed E-state index contributed by atoms with van der Waals surface area (Å²) in [4.78, 5) is 12.1. The maximum atomic E-state index is 5.48. The molecule has 108 valence electrons. The van der Waals surface area contributed by atoms with Crippen LogP contribution in [0, 0.1) is 0 Å². The van der Waals surface area contributed by atoms with Crippen LogP contribution in [-0.2, 0) is 6.54 Å². The Balaban J connectivity index is 2.01. The zero-order chi connectivity index (χ0) is 14.7. The van der Waals surface area contributed by atoms with Crippen molar-refractivity contribution in [3.05, 3.63) is 47.3 Å². The van der Waals surface area contributed by atoms with E-state index in [4.69, 9.17) is 5.84 Å². The van der Waals surface area contributed by atoms with Crippen LogP contribution in [0.15, 0.2) is 41.8 Å². The van der Waals surface area contributed by atoms with Gasteiger partial charge in [0, 0.05) is 13.1 Å². The molecular formula is C15H17N5S. The van der Waals surface area contributed by atoms with Crippen molar-refractivity contribution in [1.29, 1.82) is 0 Å². The van der Waals surface area contributed by atoms with Gasteiger partial charge in [-0.1, -0.05) is 30.3 Å². The predicted molar refractivity (Wildman–Crippen MR) is 88.4 cm³/mol. The summed E-state index contributed by atoms with van der Waals surface area (Å²) in [5.41, 5.74) is 3.80. The fourth-order valence-corrected chi connectivity index (χ4v) is 3.04. The van der Waals surface area contributed by atoms with Crippen molar-refractivity contribution in [2.45, 2.75) is 13.5 Å². The summed E-state index contributed by atoms with van der Waals surface area (Å²) in [6.45, 7) is 3.79. The van der Waals surface area contributed by atoms with E-state index in [1.807, 2.05) is 11.4 Å². The molecule has 0 aliphatic heterocycles. The molecule has 3 rings (SSSR count). The van der Waals surface area contributed by atoms with Gasteiger partial charge in [-0.2, -0.15) is 4.98 Å². The van der Waals surface area contributed by atoms with Crippen LogP contribution < -0.4 is 16.2 Å². The molecule has 0 radical (unpaired) electrons. The standard InChI is InChI=1S/C15H17N5S/c1-2-20(10-11-6-4-3-5-7-11)13-12-8-9-21-14(12)18-15(17-13)19-16/h3-9H,2,10,16H2,1H3,(H,17,18,19). The first-order valence-electron chi connectivity index (χ1n) is 6.82. The van der Waals surface area contributed by atoms with Gasteiger partial charge in [-0.15, -0.1) is 11.3 Å². The minimum absolute atomic E-state index is 0.450. The molecule has 0 aliphatic rings. The Labute approximate surface area is 127 Å². The SMILES string of the molecule is CCN(Cc1ccccc1)c1nc(NN)nc2sccc12. The van der Waals surface area contributed by atoms with Crippen LogP contribution in [0.4, 0.5) is 11.8 Å². The lowest BCUT2D eigenvalue weighted by molar-refractivity contribution is 0.817. The third-order valence-corrected chi connectivity index (χ3v) is 4.14. The molecule has 0 saturated carbocycles. The molecule has 3 aromatic rings. The lowest BCUT2D eigenvalue weighted by Crippen LogP contribution is -2.24. The Morgan fingerprint density at radius 3 is 2.71 bits per heavy atom. The highest BCUT2D eigenvalue weighted by Gasteiger charge is 2.14. The molecule has 0 saturated heterocycles. The van der Waals surface area contributed by atoms with E-state index in [1.165, 1.54) is 5.56 Å². The molecule has 2 aromatic heterocycles. The number of aromatic nitrogens is 2. The number of fused-ring (bicyclic) bond motifs is 1. The summed E-state index contributed by atoms with van der Waals surface area (Å²) in [5.74, 6) is 6.85. The van der Waals surface area contributed by atoms with Crippen LogP contribution in [0.2, 0.25) is 0 Å². The van der Waals surface area contributed by atoms with E-state index in [1.54, 1.807) is 11.3 Å². The smallest absolute Gasteiger partial charge is 0.240 e. The molecule has 0 spiro atoms. The second kappa shape index (κ2) is 6.07. The molecule has 21 heavy (non-hydrogen) atoms. The van der Waals surface area contributed by atoms with E-state index in [0.29, 0.717) is 5.95 Å². The highest BCUT2D eigenvalue weighted by molar-refractivity contribution is 7.16. The number of nitrogen functional groups attached to an aromatic ring is 1. The van der Waals surface area contributed by atoms with Gasteiger partial charge in [-0.05, 0) is 23.9 Å². The number of nitrogens with zero attached hydrogens (tertiary/aromatic N) is 3. The van der Waals surface area contributed by atoms with Crippen LogP contribution >= 0.6 is 11.3 Å². The number of thiophene rings is 1. The first-order chi connectivity index (χ1) is 10.3. The van der Waals surface area contributed by atoms with Gasteiger partial charge in [-0.3, -0.25) is 5.43 Å². The number of anilines is 2. The third-order valence-electron chi connectivity index (χ3n) is 3.33. The second-order valence-electron chi connectivity index (χ2n) is 4.65. The average Bonchev–Trinajstić information content (AvgIpc) is 3.01. The number of benzene rings is 1. The number of rotatable bonds is 5. The molecule has 5 nitrogen and oxygen atoms in total. The summed E-state index contributed by atoms with van der Waals surface area (Å²) in [6.07, 6.45) is 0. The van der Waals surface area contributed by atoms with E-state index in [-0.39, 0.29) is 0 Å². The van der Waals surface area contributed by atoms with Crippen molar-refractivity contribution in [3.63, 3.8) is 0 Å². The lowest BCUT2D eigenvalue weighted by Gasteiger charge is -2.23. The molecule has 0 unspecified atom stereocenters. The minimum atomic E-state index is 0.450. The first kappa shape index (κ1) is 13.8. The van der Waals surface area contributed by atoms with Gasteiger partial charge in [-0.25, -0.2) is 10.8 Å². The zero-order valence-electron chi connectivity index (χ0n) is 11.8. The fourth-order valence-electron chi connectivity index (χ4n) is 2.29. The number of nitrogens with one attached hydrogen (secondary N) is 1. The number of hydrogen-bond acceptors (Lipinski definition) is 6. The summed E-state index contributed by atoms with van der Waals surface area (Å²) in [7, 11) is 0. The molecule has 6 heteroatoms. The second-order valence-corrected chi connectivity index (χ2v) is 5.55. The predicted octanol–water partition coefficient (Wildman–Crippen LogP) is 3.00. The van der Waals surface area contributed by atoms with Crippen molar-refractivity contribution in [2.75, 3.05) is 16.9 Å². The Kier molecular flexibility index (Phi) is 3.98. The normalized spacial score (nSPS) is 10.8. The first-order valence-corrected chi connectivity index (χ1v) is 7.70. The Hall–Kier alpha value is -2.18. The molecule has 2 heterocycles. The molecule has 0 fully saturated rings. The highest BCUT2D eigenvalue weighted by Crippen LogP contribution is 2.29. The largest absolute Gasteiger partial charge is 0.352 e. The summed E-state index contributed by atoms with van der Waals surface area (Å²) < 4.78 is 0. The molecule has 0 aliphatic carbocycles.